The Labute approximate surface area is 192 Å². The van der Waals surface area contributed by atoms with E-state index in [9.17, 15) is 0 Å². The summed E-state index contributed by atoms with van der Waals surface area (Å²) in [5, 5.41) is 6.59. The first-order valence-electron chi connectivity index (χ1n) is 9.31. The first-order valence-corrected chi connectivity index (χ1v) is 10.2. The van der Waals surface area contributed by atoms with Crippen LogP contribution < -0.4 is 10.2 Å². The summed E-state index contributed by atoms with van der Waals surface area (Å²) < 4.78 is 0. The number of halogens is 1. The molecule has 3 heterocycles. The summed E-state index contributed by atoms with van der Waals surface area (Å²) in [6, 6.07) is 12.1. The number of piperazine rings is 1. The van der Waals surface area contributed by atoms with Crippen LogP contribution in [0.25, 0.3) is 10.6 Å². The lowest BCUT2D eigenvalue weighted by Crippen LogP contribution is -2.52. The molecule has 1 aromatic carbocycles. The quantitative estimate of drug-likeness (QED) is 0.324. The molecule has 29 heavy (non-hydrogen) atoms. The number of benzene rings is 1. The van der Waals surface area contributed by atoms with Gasteiger partial charge in [-0.1, -0.05) is 30.3 Å². The highest BCUT2D eigenvalue weighted by atomic mass is 127. The molecule has 0 radical (unpaired) electrons. The zero-order valence-corrected chi connectivity index (χ0v) is 19.4. The highest BCUT2D eigenvalue weighted by Crippen LogP contribution is 2.23. The summed E-state index contributed by atoms with van der Waals surface area (Å²) in [5.41, 5.74) is 2.18. The van der Waals surface area contributed by atoms with Crippen molar-refractivity contribution in [2.24, 2.45) is 4.99 Å². The number of hydrogen-bond acceptors (Lipinski definition) is 6. The molecule has 1 fully saturated rings. The molecule has 0 aliphatic carbocycles. The second-order valence-electron chi connectivity index (χ2n) is 6.43. The monoisotopic (exact) mass is 521 g/mol. The molecule has 7 nitrogen and oxygen atoms in total. The Morgan fingerprint density at radius 3 is 2.48 bits per heavy atom. The number of anilines is 1. The van der Waals surface area contributed by atoms with E-state index in [1.165, 1.54) is 0 Å². The zero-order chi connectivity index (χ0) is 19.2. The van der Waals surface area contributed by atoms with E-state index in [4.69, 9.17) is 4.98 Å². The third-order valence-electron chi connectivity index (χ3n) is 4.63. The maximum Gasteiger partial charge on any atom is 0.225 e. The number of thiazole rings is 1. The summed E-state index contributed by atoms with van der Waals surface area (Å²) in [7, 11) is 1.82. The molecule has 9 heteroatoms. The predicted molar refractivity (Wildman–Crippen MR) is 129 cm³/mol. The zero-order valence-electron chi connectivity index (χ0n) is 16.2. The van der Waals surface area contributed by atoms with Crippen LogP contribution in [0.2, 0.25) is 0 Å². The molecule has 0 spiro atoms. The predicted octanol–water partition coefficient (Wildman–Crippen LogP) is 3.12. The summed E-state index contributed by atoms with van der Waals surface area (Å²) in [6.45, 7) is 4.17. The number of aliphatic imine (C=N–C) groups is 1. The van der Waals surface area contributed by atoms with Crippen molar-refractivity contribution in [3.05, 3.63) is 59.9 Å². The lowest BCUT2D eigenvalue weighted by Gasteiger charge is -2.36. The number of nitrogens with one attached hydrogen (secondary N) is 1. The van der Waals surface area contributed by atoms with Crippen molar-refractivity contribution >= 4 is 47.2 Å². The van der Waals surface area contributed by atoms with Gasteiger partial charge in [-0.3, -0.25) is 4.99 Å². The number of hydrogen-bond donors (Lipinski definition) is 1. The summed E-state index contributed by atoms with van der Waals surface area (Å²) >= 11 is 1.67. The Balaban J connectivity index is 0.00000240. The van der Waals surface area contributed by atoms with E-state index in [1.54, 1.807) is 23.7 Å². The van der Waals surface area contributed by atoms with Gasteiger partial charge in [-0.2, -0.15) is 0 Å². The van der Waals surface area contributed by atoms with E-state index in [0.717, 1.165) is 54.4 Å². The van der Waals surface area contributed by atoms with Gasteiger partial charge in [0.15, 0.2) is 5.96 Å². The van der Waals surface area contributed by atoms with Gasteiger partial charge in [0.25, 0.3) is 0 Å². The minimum Gasteiger partial charge on any atom is -0.351 e. The maximum absolute atomic E-state index is 4.74. The molecule has 0 bridgehead atoms. The Morgan fingerprint density at radius 1 is 1.07 bits per heavy atom. The topological polar surface area (TPSA) is 69.5 Å². The third-order valence-corrected chi connectivity index (χ3v) is 5.57. The SMILES string of the molecule is CN=C(NCc1csc(-c2ccccc2)n1)N1CCN(c2ncccn2)CC1.I. The van der Waals surface area contributed by atoms with Crippen LogP contribution in [0.1, 0.15) is 5.69 Å². The Morgan fingerprint density at radius 2 is 1.79 bits per heavy atom. The van der Waals surface area contributed by atoms with E-state index >= 15 is 0 Å². The van der Waals surface area contributed by atoms with Crippen molar-refractivity contribution in [2.45, 2.75) is 6.54 Å². The van der Waals surface area contributed by atoms with Crippen molar-refractivity contribution in [3.8, 4) is 10.6 Å². The highest BCUT2D eigenvalue weighted by molar-refractivity contribution is 14.0. The summed E-state index contributed by atoms with van der Waals surface area (Å²) in [4.78, 5) is 22.3. The van der Waals surface area contributed by atoms with Gasteiger partial charge in [0.2, 0.25) is 5.95 Å². The number of nitrogens with zero attached hydrogens (tertiary/aromatic N) is 6. The molecular weight excluding hydrogens is 497 g/mol. The number of rotatable bonds is 4. The fourth-order valence-corrected chi connectivity index (χ4v) is 4.00. The summed E-state index contributed by atoms with van der Waals surface area (Å²) in [6.07, 6.45) is 3.57. The van der Waals surface area contributed by atoms with E-state index in [-0.39, 0.29) is 24.0 Å². The number of aromatic nitrogens is 3. The van der Waals surface area contributed by atoms with E-state index < -0.39 is 0 Å². The molecule has 4 rings (SSSR count). The molecule has 152 valence electrons. The third kappa shape index (κ3) is 5.41. The molecule has 2 aromatic heterocycles. The normalized spacial score (nSPS) is 14.4. The minimum atomic E-state index is 0. The Hall–Kier alpha value is -2.27. The van der Waals surface area contributed by atoms with Crippen LogP contribution >= 0.6 is 35.3 Å². The lowest BCUT2D eigenvalue weighted by atomic mass is 10.2. The largest absolute Gasteiger partial charge is 0.351 e. The average Bonchev–Trinajstić information content (AvgIpc) is 3.25. The van der Waals surface area contributed by atoms with Crippen molar-refractivity contribution in [1.29, 1.82) is 0 Å². The standard InChI is InChI=1S/C20H23N7S.HI/c1-21-19(26-10-12-27(13-11-26)20-22-8-5-9-23-20)24-14-17-15-28-18(25-17)16-6-3-2-4-7-16;/h2-9,15H,10-14H2,1H3,(H,21,24);1H. The average molecular weight is 521 g/mol. The highest BCUT2D eigenvalue weighted by Gasteiger charge is 2.21. The molecule has 0 unspecified atom stereocenters. The van der Waals surface area contributed by atoms with Crippen LogP contribution in [-0.4, -0.2) is 59.0 Å². The minimum absolute atomic E-state index is 0. The van der Waals surface area contributed by atoms with E-state index in [0.29, 0.717) is 6.54 Å². The molecule has 0 saturated carbocycles. The molecule has 1 aliphatic heterocycles. The fourth-order valence-electron chi connectivity index (χ4n) is 3.18. The maximum atomic E-state index is 4.74. The molecule has 1 saturated heterocycles. The van der Waals surface area contributed by atoms with Gasteiger partial charge >= 0.3 is 0 Å². The van der Waals surface area contributed by atoms with Crippen LogP contribution in [0.15, 0.2) is 59.2 Å². The smallest absolute Gasteiger partial charge is 0.225 e. The first-order chi connectivity index (χ1) is 13.8. The van der Waals surface area contributed by atoms with Crippen LogP contribution in [0.3, 0.4) is 0 Å². The van der Waals surface area contributed by atoms with Gasteiger partial charge in [0.1, 0.15) is 5.01 Å². The van der Waals surface area contributed by atoms with Crippen LogP contribution in [0.5, 0.6) is 0 Å². The fraction of sp³-hybridized carbons (Fsp3) is 0.300. The van der Waals surface area contributed by atoms with Gasteiger partial charge in [0.05, 0.1) is 12.2 Å². The molecule has 0 amide bonds. The lowest BCUT2D eigenvalue weighted by molar-refractivity contribution is 0.370. The molecule has 1 aliphatic rings. The molecule has 0 atom stereocenters. The molecule has 3 aromatic rings. The Kier molecular flexibility index (Phi) is 7.76. The molecular formula is C20H24IN7S. The van der Waals surface area contributed by atoms with Crippen molar-refractivity contribution in [1.82, 2.24) is 25.2 Å². The van der Waals surface area contributed by atoms with Crippen LogP contribution in [0, 0.1) is 0 Å². The second kappa shape index (κ2) is 10.5. The summed E-state index contributed by atoms with van der Waals surface area (Å²) in [5.74, 6) is 1.70. The number of guanidine groups is 1. The van der Waals surface area contributed by atoms with Gasteiger partial charge in [-0.05, 0) is 6.07 Å². The van der Waals surface area contributed by atoms with Gasteiger partial charge in [-0.15, -0.1) is 35.3 Å². The van der Waals surface area contributed by atoms with Gasteiger partial charge in [-0.25, -0.2) is 15.0 Å². The van der Waals surface area contributed by atoms with Gasteiger partial charge < -0.3 is 15.1 Å². The second-order valence-corrected chi connectivity index (χ2v) is 7.29. The van der Waals surface area contributed by atoms with E-state index in [2.05, 4.69) is 47.6 Å². The van der Waals surface area contributed by atoms with Crippen molar-refractivity contribution < 1.29 is 0 Å². The van der Waals surface area contributed by atoms with Crippen LogP contribution in [0.4, 0.5) is 5.95 Å². The van der Waals surface area contributed by atoms with E-state index in [1.807, 2.05) is 31.3 Å². The Bertz CT molecular complexity index is 909. The van der Waals surface area contributed by atoms with Crippen molar-refractivity contribution in [2.75, 3.05) is 38.1 Å². The van der Waals surface area contributed by atoms with Crippen LogP contribution in [-0.2, 0) is 6.54 Å². The van der Waals surface area contributed by atoms with Crippen molar-refractivity contribution in [3.63, 3.8) is 0 Å². The van der Waals surface area contributed by atoms with Gasteiger partial charge in [0, 0.05) is 56.6 Å². The first kappa shape index (κ1) is 21.4. The molecule has 1 N–H and O–H groups in total.